The molecule has 0 unspecified atom stereocenters. The maximum atomic E-state index is 11.9. The fourth-order valence-electron chi connectivity index (χ4n) is 2.88. The molecule has 1 saturated heterocycles. The first-order chi connectivity index (χ1) is 11.2. The van der Waals surface area contributed by atoms with Crippen molar-refractivity contribution < 1.29 is 9.32 Å². The van der Waals surface area contributed by atoms with Crippen LogP contribution in [0.2, 0.25) is 0 Å². The highest BCUT2D eigenvalue weighted by Crippen LogP contribution is 2.19. The number of rotatable bonds is 6. The smallest absolute Gasteiger partial charge is 0.226 e. The molecule has 8 heteroatoms. The Kier molecular flexibility index (Phi) is 5.02. The quantitative estimate of drug-likeness (QED) is 0.864. The minimum Gasteiger partial charge on any atom is -0.360 e. The average molecular weight is 318 g/mol. The fraction of sp³-hybridized carbons (Fsp3) is 0.600. The van der Waals surface area contributed by atoms with Crippen LogP contribution < -0.4 is 5.32 Å². The zero-order chi connectivity index (χ0) is 16.1. The Labute approximate surface area is 134 Å². The van der Waals surface area contributed by atoms with Crippen LogP contribution in [-0.2, 0) is 11.3 Å². The van der Waals surface area contributed by atoms with Gasteiger partial charge >= 0.3 is 0 Å². The zero-order valence-corrected chi connectivity index (χ0v) is 13.3. The Hall–Kier alpha value is -2.22. The Morgan fingerprint density at radius 3 is 2.91 bits per heavy atom. The van der Waals surface area contributed by atoms with Gasteiger partial charge in [-0.05, 0) is 38.8 Å². The summed E-state index contributed by atoms with van der Waals surface area (Å²) < 4.78 is 6.82. The van der Waals surface area contributed by atoms with Crippen molar-refractivity contribution in [2.45, 2.75) is 32.7 Å². The zero-order valence-electron chi connectivity index (χ0n) is 13.3. The molecule has 2 aromatic heterocycles. The van der Waals surface area contributed by atoms with Gasteiger partial charge in [-0.2, -0.15) is 0 Å². The van der Waals surface area contributed by atoms with Gasteiger partial charge in [-0.3, -0.25) is 9.48 Å². The van der Waals surface area contributed by atoms with Gasteiger partial charge in [-0.1, -0.05) is 10.4 Å². The number of nitrogens with one attached hydrogen (secondary N) is 1. The van der Waals surface area contributed by atoms with Crippen molar-refractivity contribution in [2.24, 2.45) is 5.92 Å². The summed E-state index contributed by atoms with van der Waals surface area (Å²) in [7, 11) is 0. The summed E-state index contributed by atoms with van der Waals surface area (Å²) in [5.41, 5.74) is 0. The summed E-state index contributed by atoms with van der Waals surface area (Å²) >= 11 is 0. The van der Waals surface area contributed by atoms with E-state index in [1.54, 1.807) is 19.2 Å². The number of piperidine rings is 1. The third kappa shape index (κ3) is 4.62. The number of aromatic nitrogens is 4. The van der Waals surface area contributed by atoms with Crippen LogP contribution in [0.15, 0.2) is 23.0 Å². The lowest BCUT2D eigenvalue weighted by Crippen LogP contribution is -2.36. The lowest BCUT2D eigenvalue weighted by molar-refractivity contribution is -0.116. The van der Waals surface area contributed by atoms with E-state index >= 15 is 0 Å². The van der Waals surface area contributed by atoms with Crippen molar-refractivity contribution in [3.8, 4) is 0 Å². The standard InChI is InChI=1S/C15H22N6O2/c1-12-10-14(18-23-12)17-15(22)4-8-20-6-2-13(3-7-20)11-21-9-5-16-19-21/h5,9-10,13H,2-4,6-8,11H2,1H3,(H,17,18,22). The van der Waals surface area contributed by atoms with Gasteiger partial charge in [0, 0.05) is 31.8 Å². The number of carbonyl (C=O) groups is 1. The predicted molar refractivity (Wildman–Crippen MR) is 83.7 cm³/mol. The van der Waals surface area contributed by atoms with Gasteiger partial charge in [0.05, 0.1) is 6.20 Å². The second-order valence-electron chi connectivity index (χ2n) is 6.03. The van der Waals surface area contributed by atoms with Crippen LogP contribution >= 0.6 is 0 Å². The molecule has 1 amide bonds. The van der Waals surface area contributed by atoms with Crippen LogP contribution in [0.3, 0.4) is 0 Å². The summed E-state index contributed by atoms with van der Waals surface area (Å²) in [6.07, 6.45) is 6.35. The predicted octanol–water partition coefficient (Wildman–Crippen LogP) is 1.32. The maximum absolute atomic E-state index is 11.9. The second-order valence-corrected chi connectivity index (χ2v) is 6.03. The number of hydrogen-bond donors (Lipinski definition) is 1. The second kappa shape index (κ2) is 7.36. The maximum Gasteiger partial charge on any atom is 0.226 e. The molecule has 0 saturated carbocycles. The molecule has 1 aliphatic heterocycles. The Balaban J connectivity index is 1.35. The monoisotopic (exact) mass is 318 g/mol. The molecule has 124 valence electrons. The topological polar surface area (TPSA) is 89.1 Å². The molecule has 1 aliphatic rings. The summed E-state index contributed by atoms with van der Waals surface area (Å²) in [6, 6.07) is 1.72. The number of amides is 1. The summed E-state index contributed by atoms with van der Waals surface area (Å²) in [6.45, 7) is 5.55. The minimum absolute atomic E-state index is 0.0250. The van der Waals surface area contributed by atoms with Gasteiger partial charge in [-0.15, -0.1) is 5.10 Å². The SMILES string of the molecule is Cc1cc(NC(=O)CCN2CCC(Cn3ccnn3)CC2)no1. The van der Waals surface area contributed by atoms with Crippen molar-refractivity contribution in [2.75, 3.05) is 25.0 Å². The fourth-order valence-corrected chi connectivity index (χ4v) is 2.88. The van der Waals surface area contributed by atoms with Gasteiger partial charge < -0.3 is 14.7 Å². The molecular formula is C15H22N6O2. The van der Waals surface area contributed by atoms with E-state index in [0.717, 1.165) is 39.0 Å². The van der Waals surface area contributed by atoms with Crippen LogP contribution in [0.25, 0.3) is 0 Å². The molecule has 0 aromatic carbocycles. The number of anilines is 1. The van der Waals surface area contributed by atoms with E-state index in [0.29, 0.717) is 23.9 Å². The van der Waals surface area contributed by atoms with Crippen LogP contribution in [0.5, 0.6) is 0 Å². The Morgan fingerprint density at radius 1 is 1.43 bits per heavy atom. The highest BCUT2D eigenvalue weighted by molar-refractivity contribution is 5.89. The van der Waals surface area contributed by atoms with Gasteiger partial charge in [0.15, 0.2) is 5.82 Å². The van der Waals surface area contributed by atoms with Crippen molar-refractivity contribution in [1.82, 2.24) is 25.1 Å². The van der Waals surface area contributed by atoms with E-state index < -0.39 is 0 Å². The third-order valence-electron chi connectivity index (χ3n) is 4.17. The van der Waals surface area contributed by atoms with Crippen molar-refractivity contribution >= 4 is 11.7 Å². The Morgan fingerprint density at radius 2 is 2.26 bits per heavy atom. The normalized spacial score (nSPS) is 16.6. The molecular weight excluding hydrogens is 296 g/mol. The van der Waals surface area contributed by atoms with E-state index in [4.69, 9.17) is 4.52 Å². The van der Waals surface area contributed by atoms with Gasteiger partial charge in [0.1, 0.15) is 5.76 Å². The van der Waals surface area contributed by atoms with Crippen LogP contribution in [0, 0.1) is 12.8 Å². The molecule has 0 aliphatic carbocycles. The average Bonchev–Trinajstić information content (AvgIpc) is 3.19. The van der Waals surface area contributed by atoms with Crippen molar-refractivity contribution in [3.63, 3.8) is 0 Å². The molecule has 0 bridgehead atoms. The number of likely N-dealkylation sites (tertiary alicyclic amines) is 1. The van der Waals surface area contributed by atoms with E-state index in [2.05, 4.69) is 25.7 Å². The highest BCUT2D eigenvalue weighted by atomic mass is 16.5. The summed E-state index contributed by atoms with van der Waals surface area (Å²) in [5.74, 6) is 1.79. The van der Waals surface area contributed by atoms with Crippen LogP contribution in [-0.4, -0.2) is 50.6 Å². The molecule has 0 spiro atoms. The Bertz CT molecular complexity index is 616. The molecule has 2 aromatic rings. The largest absolute Gasteiger partial charge is 0.360 e. The van der Waals surface area contributed by atoms with E-state index in [1.807, 2.05) is 10.9 Å². The number of aryl methyl sites for hydroxylation is 1. The lowest BCUT2D eigenvalue weighted by Gasteiger charge is -2.31. The molecule has 3 rings (SSSR count). The molecule has 3 heterocycles. The molecule has 1 fully saturated rings. The van der Waals surface area contributed by atoms with Gasteiger partial charge in [0.25, 0.3) is 0 Å². The van der Waals surface area contributed by atoms with E-state index in [1.165, 1.54) is 0 Å². The highest BCUT2D eigenvalue weighted by Gasteiger charge is 2.20. The molecule has 23 heavy (non-hydrogen) atoms. The molecule has 0 radical (unpaired) electrons. The number of hydrogen-bond acceptors (Lipinski definition) is 6. The van der Waals surface area contributed by atoms with Gasteiger partial charge in [-0.25, -0.2) is 0 Å². The minimum atomic E-state index is -0.0250. The molecule has 1 N–H and O–H groups in total. The van der Waals surface area contributed by atoms with Crippen molar-refractivity contribution in [1.29, 1.82) is 0 Å². The first kappa shape index (κ1) is 15.7. The van der Waals surface area contributed by atoms with E-state index in [-0.39, 0.29) is 5.91 Å². The van der Waals surface area contributed by atoms with Crippen LogP contribution in [0.1, 0.15) is 25.0 Å². The first-order valence-corrected chi connectivity index (χ1v) is 7.98. The molecule has 8 nitrogen and oxygen atoms in total. The number of carbonyl (C=O) groups excluding carboxylic acids is 1. The summed E-state index contributed by atoms with van der Waals surface area (Å²) in [4.78, 5) is 14.2. The van der Waals surface area contributed by atoms with E-state index in [9.17, 15) is 4.79 Å². The first-order valence-electron chi connectivity index (χ1n) is 7.98. The third-order valence-corrected chi connectivity index (χ3v) is 4.17. The summed E-state index contributed by atoms with van der Waals surface area (Å²) in [5, 5.41) is 14.4. The van der Waals surface area contributed by atoms with Crippen molar-refractivity contribution in [3.05, 3.63) is 24.2 Å². The number of nitrogens with zero attached hydrogens (tertiary/aromatic N) is 5. The van der Waals surface area contributed by atoms with Crippen LogP contribution in [0.4, 0.5) is 5.82 Å². The lowest BCUT2D eigenvalue weighted by atomic mass is 9.97. The van der Waals surface area contributed by atoms with Gasteiger partial charge in [0.2, 0.25) is 5.91 Å². The molecule has 0 atom stereocenters.